The Bertz CT molecular complexity index is 1160. The highest BCUT2D eigenvalue weighted by atomic mass is 79.9. The Morgan fingerprint density at radius 3 is 2.39 bits per heavy atom. The van der Waals surface area contributed by atoms with Crippen molar-refractivity contribution in [1.82, 2.24) is 14.8 Å². The molecule has 4 rings (SSSR count). The maximum absolute atomic E-state index is 12.4. The van der Waals surface area contributed by atoms with Gasteiger partial charge >= 0.3 is 0 Å². The van der Waals surface area contributed by atoms with Crippen LogP contribution in [-0.2, 0) is 11.2 Å². The number of benzene rings is 3. The summed E-state index contributed by atoms with van der Waals surface area (Å²) in [5, 5.41) is 13.0. The van der Waals surface area contributed by atoms with Crippen LogP contribution in [0.5, 0.6) is 0 Å². The van der Waals surface area contributed by atoms with Crippen molar-refractivity contribution in [3.05, 3.63) is 99.7 Å². The van der Waals surface area contributed by atoms with Crippen molar-refractivity contribution >= 4 is 50.9 Å². The van der Waals surface area contributed by atoms with E-state index in [2.05, 4.69) is 43.6 Å². The first kappa shape index (κ1) is 21.6. The van der Waals surface area contributed by atoms with Gasteiger partial charge in [-0.15, -0.1) is 10.2 Å². The summed E-state index contributed by atoms with van der Waals surface area (Å²) in [5.41, 5.74) is 2.78. The molecule has 0 atom stereocenters. The second kappa shape index (κ2) is 10.1. The normalized spacial score (nSPS) is 10.8. The van der Waals surface area contributed by atoms with Crippen LogP contribution in [0.2, 0.25) is 5.02 Å². The third-order valence-electron chi connectivity index (χ3n) is 4.45. The Morgan fingerprint density at radius 1 is 0.968 bits per heavy atom. The summed E-state index contributed by atoms with van der Waals surface area (Å²) < 4.78 is 2.93. The Balaban J connectivity index is 1.54. The van der Waals surface area contributed by atoms with Crippen molar-refractivity contribution in [2.75, 3.05) is 11.1 Å². The Labute approximate surface area is 198 Å². The third kappa shape index (κ3) is 5.76. The van der Waals surface area contributed by atoms with E-state index >= 15 is 0 Å². The number of anilines is 1. The first-order valence-corrected chi connectivity index (χ1v) is 11.7. The fraction of sp³-hybridized carbons (Fsp3) is 0.0870. The van der Waals surface area contributed by atoms with Crippen molar-refractivity contribution in [3.8, 4) is 5.69 Å². The maximum Gasteiger partial charge on any atom is 0.234 e. The van der Waals surface area contributed by atoms with Crippen molar-refractivity contribution in [3.63, 3.8) is 0 Å². The zero-order chi connectivity index (χ0) is 21.6. The number of amides is 1. The van der Waals surface area contributed by atoms with E-state index in [1.807, 2.05) is 71.3 Å². The highest BCUT2D eigenvalue weighted by Gasteiger charge is 2.16. The maximum atomic E-state index is 12.4. The molecule has 5 nitrogen and oxygen atoms in total. The second-order valence-electron chi connectivity index (χ2n) is 6.72. The first-order chi connectivity index (χ1) is 15.1. The monoisotopic (exact) mass is 512 g/mol. The number of hydrogen-bond donors (Lipinski definition) is 1. The lowest BCUT2D eigenvalue weighted by Gasteiger charge is -2.11. The molecule has 4 aromatic rings. The fourth-order valence-corrected chi connectivity index (χ4v) is 4.16. The molecule has 1 amide bonds. The van der Waals surface area contributed by atoms with Gasteiger partial charge in [0.1, 0.15) is 5.82 Å². The molecule has 0 saturated carbocycles. The Hall–Kier alpha value is -2.61. The summed E-state index contributed by atoms with van der Waals surface area (Å²) in [6.07, 6.45) is 0.627. The van der Waals surface area contributed by atoms with Crippen LogP contribution < -0.4 is 5.32 Å². The van der Waals surface area contributed by atoms with Crippen LogP contribution >= 0.6 is 39.3 Å². The van der Waals surface area contributed by atoms with Crippen LogP contribution in [0.1, 0.15) is 11.4 Å². The third-order valence-corrected chi connectivity index (χ3v) is 6.16. The molecule has 31 heavy (non-hydrogen) atoms. The molecule has 1 aromatic heterocycles. The van der Waals surface area contributed by atoms with E-state index in [-0.39, 0.29) is 11.7 Å². The predicted octanol–water partition coefficient (Wildman–Crippen LogP) is 6.00. The summed E-state index contributed by atoms with van der Waals surface area (Å²) >= 11 is 10.8. The minimum atomic E-state index is -0.109. The largest absolute Gasteiger partial charge is 0.325 e. The lowest BCUT2D eigenvalue weighted by Crippen LogP contribution is -2.14. The SMILES string of the molecule is O=C(CSc1nnc(Cc2ccccc2)n1-c1ccc(Cl)cc1)Nc1ccc(Br)cc1. The van der Waals surface area contributed by atoms with Gasteiger partial charge in [-0.3, -0.25) is 9.36 Å². The van der Waals surface area contributed by atoms with Crippen LogP contribution in [0.4, 0.5) is 5.69 Å². The zero-order valence-corrected chi connectivity index (χ0v) is 19.5. The number of halogens is 2. The van der Waals surface area contributed by atoms with Gasteiger partial charge in [-0.2, -0.15) is 0 Å². The first-order valence-electron chi connectivity index (χ1n) is 9.51. The predicted molar refractivity (Wildman–Crippen MR) is 129 cm³/mol. The molecule has 1 N–H and O–H groups in total. The number of thioether (sulfide) groups is 1. The molecular formula is C23H18BrClN4OS. The van der Waals surface area contributed by atoms with E-state index in [1.54, 1.807) is 0 Å². The molecule has 0 radical (unpaired) electrons. The lowest BCUT2D eigenvalue weighted by atomic mass is 10.1. The minimum absolute atomic E-state index is 0.109. The molecule has 0 bridgehead atoms. The van der Waals surface area contributed by atoms with Gasteiger partial charge in [0, 0.05) is 27.3 Å². The number of hydrogen-bond acceptors (Lipinski definition) is 4. The standard InChI is InChI=1S/C23H18BrClN4OS/c24-17-6-10-19(11-7-17)26-22(30)15-31-23-28-27-21(14-16-4-2-1-3-5-16)29(23)20-12-8-18(25)9-13-20/h1-13H,14-15H2,(H,26,30). The van der Waals surface area contributed by atoms with Gasteiger partial charge in [-0.25, -0.2) is 0 Å². The van der Waals surface area contributed by atoms with E-state index in [1.165, 1.54) is 11.8 Å². The highest BCUT2D eigenvalue weighted by Crippen LogP contribution is 2.25. The molecule has 0 aliphatic heterocycles. The van der Waals surface area contributed by atoms with Crippen LogP contribution in [0.15, 0.2) is 88.5 Å². The zero-order valence-electron chi connectivity index (χ0n) is 16.3. The molecule has 0 unspecified atom stereocenters. The Morgan fingerprint density at radius 2 is 1.68 bits per heavy atom. The second-order valence-corrected chi connectivity index (χ2v) is 9.01. The molecule has 0 fully saturated rings. The van der Waals surface area contributed by atoms with Crippen molar-refractivity contribution in [1.29, 1.82) is 0 Å². The summed E-state index contributed by atoms with van der Waals surface area (Å²) in [5.74, 6) is 0.902. The summed E-state index contributed by atoms with van der Waals surface area (Å²) in [7, 11) is 0. The number of rotatable bonds is 7. The smallest absolute Gasteiger partial charge is 0.234 e. The molecule has 156 valence electrons. The van der Waals surface area contributed by atoms with E-state index in [0.717, 1.165) is 27.2 Å². The summed E-state index contributed by atoms with van der Waals surface area (Å²) in [4.78, 5) is 12.4. The van der Waals surface area contributed by atoms with Gasteiger partial charge in [-0.1, -0.05) is 69.6 Å². The molecular weight excluding hydrogens is 496 g/mol. The van der Waals surface area contributed by atoms with Crippen LogP contribution in [0.3, 0.4) is 0 Å². The van der Waals surface area contributed by atoms with Gasteiger partial charge in [0.25, 0.3) is 0 Å². The van der Waals surface area contributed by atoms with Gasteiger partial charge in [0.05, 0.1) is 5.75 Å². The van der Waals surface area contributed by atoms with Gasteiger partial charge in [0.15, 0.2) is 5.16 Å². The fourth-order valence-electron chi connectivity index (χ4n) is 3.00. The van der Waals surface area contributed by atoms with Crippen molar-refractivity contribution < 1.29 is 4.79 Å². The quantitative estimate of drug-likeness (QED) is 0.308. The molecule has 1 heterocycles. The average molecular weight is 514 g/mol. The van der Waals surface area contributed by atoms with Gasteiger partial charge < -0.3 is 5.32 Å². The van der Waals surface area contributed by atoms with Crippen molar-refractivity contribution in [2.24, 2.45) is 0 Å². The van der Waals surface area contributed by atoms with Gasteiger partial charge in [0.2, 0.25) is 5.91 Å². The van der Waals surface area contributed by atoms with E-state index in [4.69, 9.17) is 11.6 Å². The lowest BCUT2D eigenvalue weighted by molar-refractivity contribution is -0.113. The van der Waals surface area contributed by atoms with E-state index < -0.39 is 0 Å². The van der Waals surface area contributed by atoms with Crippen LogP contribution in [0.25, 0.3) is 5.69 Å². The number of carbonyl (C=O) groups is 1. The average Bonchev–Trinajstić information content (AvgIpc) is 3.17. The molecule has 3 aromatic carbocycles. The molecule has 8 heteroatoms. The topological polar surface area (TPSA) is 59.8 Å². The molecule has 0 spiro atoms. The highest BCUT2D eigenvalue weighted by molar-refractivity contribution is 9.10. The number of nitrogens with one attached hydrogen (secondary N) is 1. The van der Waals surface area contributed by atoms with Crippen molar-refractivity contribution in [2.45, 2.75) is 11.6 Å². The Kier molecular flexibility index (Phi) is 7.06. The molecule has 0 aliphatic carbocycles. The minimum Gasteiger partial charge on any atom is -0.325 e. The summed E-state index contributed by atoms with van der Waals surface area (Å²) in [6.45, 7) is 0. The van der Waals surface area contributed by atoms with Gasteiger partial charge in [-0.05, 0) is 54.1 Å². The number of carbonyl (C=O) groups excluding carboxylic acids is 1. The number of nitrogens with zero attached hydrogens (tertiary/aromatic N) is 3. The molecule has 0 saturated heterocycles. The van der Waals surface area contributed by atoms with E-state index in [0.29, 0.717) is 16.6 Å². The van der Waals surface area contributed by atoms with E-state index in [9.17, 15) is 4.79 Å². The summed E-state index contributed by atoms with van der Waals surface area (Å²) in [6, 6.07) is 25.1. The van der Waals surface area contributed by atoms with Crippen LogP contribution in [-0.4, -0.2) is 26.4 Å². The van der Waals surface area contributed by atoms with Crippen LogP contribution in [0, 0.1) is 0 Å². The number of aromatic nitrogens is 3. The molecule has 0 aliphatic rings.